The Morgan fingerprint density at radius 3 is 2.42 bits per heavy atom. The maximum atomic E-state index is 13.1. The second kappa shape index (κ2) is 18.0. The summed E-state index contributed by atoms with van der Waals surface area (Å²) in [5.41, 5.74) is 2.86. The number of allylic oxidation sites excluding steroid dienone is 2. The van der Waals surface area contributed by atoms with Gasteiger partial charge in [0.25, 0.3) is 0 Å². The van der Waals surface area contributed by atoms with E-state index in [1.807, 2.05) is 26.8 Å². The molecule has 0 saturated heterocycles. The molecule has 9 heteroatoms. The fourth-order valence-electron chi connectivity index (χ4n) is 5.70. The number of aliphatic hydroxyl groups excluding tert-OH is 2. The van der Waals surface area contributed by atoms with Crippen molar-refractivity contribution in [3.8, 4) is 0 Å². The van der Waals surface area contributed by atoms with Crippen LogP contribution >= 0.6 is 0 Å². The Balaban J connectivity index is 2.43. The second-order valence-corrected chi connectivity index (χ2v) is 12.1. The number of carbonyl (C=O) groups is 3. The summed E-state index contributed by atoms with van der Waals surface area (Å²) >= 11 is 0. The molecule has 43 heavy (non-hydrogen) atoms. The van der Waals surface area contributed by atoms with Crippen molar-refractivity contribution in [3.05, 3.63) is 47.3 Å². The minimum Gasteiger partial charge on any atom is -0.462 e. The maximum Gasteiger partial charge on any atom is 0.309 e. The van der Waals surface area contributed by atoms with Gasteiger partial charge in [-0.3, -0.25) is 14.4 Å². The van der Waals surface area contributed by atoms with Crippen LogP contribution in [0.5, 0.6) is 0 Å². The van der Waals surface area contributed by atoms with Crippen molar-refractivity contribution in [3.63, 3.8) is 0 Å². The highest BCUT2D eigenvalue weighted by molar-refractivity contribution is 5.71. The summed E-state index contributed by atoms with van der Waals surface area (Å²) < 4.78 is 23.2. The number of hydrogen-bond donors (Lipinski definition) is 2. The van der Waals surface area contributed by atoms with Crippen molar-refractivity contribution in [1.82, 2.24) is 0 Å². The van der Waals surface area contributed by atoms with Crippen LogP contribution in [0.2, 0.25) is 0 Å². The molecule has 1 aliphatic carbocycles. The van der Waals surface area contributed by atoms with E-state index >= 15 is 0 Å². The van der Waals surface area contributed by atoms with E-state index in [1.165, 1.54) is 20.1 Å². The molecule has 1 aliphatic heterocycles. The Kier molecular flexibility index (Phi) is 15.2. The van der Waals surface area contributed by atoms with Gasteiger partial charge in [-0.1, -0.05) is 62.8 Å². The zero-order valence-electron chi connectivity index (χ0n) is 26.8. The van der Waals surface area contributed by atoms with E-state index in [-0.39, 0.29) is 6.42 Å². The lowest BCUT2D eigenvalue weighted by Crippen LogP contribution is -2.46. The summed E-state index contributed by atoms with van der Waals surface area (Å²) in [4.78, 5) is 37.5. The van der Waals surface area contributed by atoms with E-state index in [0.29, 0.717) is 36.8 Å². The van der Waals surface area contributed by atoms with Gasteiger partial charge in [0.1, 0.15) is 0 Å². The molecule has 0 bridgehead atoms. The summed E-state index contributed by atoms with van der Waals surface area (Å²) in [7, 11) is 0. The van der Waals surface area contributed by atoms with Crippen LogP contribution in [0.3, 0.4) is 0 Å². The lowest BCUT2D eigenvalue weighted by molar-refractivity contribution is -0.183. The lowest BCUT2D eigenvalue weighted by atomic mass is 9.73. The standard InChI is InChI=1S/C34H52O9/c1-8-9-10-11-12-13-26(37)19-31(39)43-30(18-21(2)3)33(41-24(6)35)28-20-40-34(42-25(7)36)32-23(5)29(38)17-15-22(4)14-16-27(28)32/h15,18,20,26-27,29-30,32-34,37-38H,5,8-14,16-17,19H2,1-4,6-7H3/b22-15-. The lowest BCUT2D eigenvalue weighted by Gasteiger charge is -2.42. The van der Waals surface area contributed by atoms with E-state index in [9.17, 15) is 24.6 Å². The molecule has 9 nitrogen and oxygen atoms in total. The number of esters is 3. The van der Waals surface area contributed by atoms with Crippen LogP contribution in [-0.4, -0.2) is 58.8 Å². The largest absolute Gasteiger partial charge is 0.462 e. The van der Waals surface area contributed by atoms with Crippen LogP contribution < -0.4 is 0 Å². The summed E-state index contributed by atoms with van der Waals surface area (Å²) in [6.45, 7) is 14.5. The first-order chi connectivity index (χ1) is 20.3. The highest BCUT2D eigenvalue weighted by atomic mass is 16.7. The van der Waals surface area contributed by atoms with Crippen molar-refractivity contribution < 1.29 is 43.5 Å². The average Bonchev–Trinajstić information content (AvgIpc) is 2.96. The third-order valence-electron chi connectivity index (χ3n) is 7.90. The van der Waals surface area contributed by atoms with Crippen LogP contribution in [-0.2, 0) is 33.3 Å². The fourth-order valence-corrected chi connectivity index (χ4v) is 5.70. The Bertz CT molecular complexity index is 1050. The molecule has 0 saturated carbocycles. The Morgan fingerprint density at radius 1 is 1.09 bits per heavy atom. The van der Waals surface area contributed by atoms with E-state index in [1.54, 1.807) is 6.08 Å². The van der Waals surface area contributed by atoms with Crippen molar-refractivity contribution in [2.75, 3.05) is 0 Å². The molecule has 0 spiro atoms. The molecular weight excluding hydrogens is 552 g/mol. The minimum atomic E-state index is -1.07. The van der Waals surface area contributed by atoms with Gasteiger partial charge in [-0.05, 0) is 58.1 Å². The third kappa shape index (κ3) is 11.9. The smallest absolute Gasteiger partial charge is 0.309 e. The Morgan fingerprint density at radius 2 is 1.79 bits per heavy atom. The first-order valence-electron chi connectivity index (χ1n) is 15.6. The summed E-state index contributed by atoms with van der Waals surface area (Å²) in [6, 6.07) is 0. The van der Waals surface area contributed by atoms with Crippen molar-refractivity contribution in [2.45, 2.75) is 136 Å². The maximum absolute atomic E-state index is 13.1. The van der Waals surface area contributed by atoms with E-state index in [4.69, 9.17) is 18.9 Å². The third-order valence-corrected chi connectivity index (χ3v) is 7.90. The van der Waals surface area contributed by atoms with Crippen LogP contribution in [0.25, 0.3) is 0 Å². The van der Waals surface area contributed by atoms with Gasteiger partial charge in [0.05, 0.1) is 30.8 Å². The molecule has 0 aromatic carbocycles. The fraction of sp³-hybridized carbons (Fsp3) is 0.676. The topological polar surface area (TPSA) is 129 Å². The van der Waals surface area contributed by atoms with Crippen molar-refractivity contribution in [2.24, 2.45) is 11.8 Å². The van der Waals surface area contributed by atoms with E-state index < -0.39 is 60.4 Å². The van der Waals surface area contributed by atoms with Gasteiger partial charge in [-0.15, -0.1) is 0 Å². The molecule has 7 unspecified atom stereocenters. The van der Waals surface area contributed by atoms with Gasteiger partial charge < -0.3 is 29.2 Å². The Labute approximate surface area is 257 Å². The normalized spacial score (nSPS) is 25.4. The van der Waals surface area contributed by atoms with E-state index in [0.717, 1.165) is 43.3 Å². The highest BCUT2D eigenvalue weighted by Crippen LogP contribution is 2.44. The predicted octanol–water partition coefficient (Wildman–Crippen LogP) is 5.99. The van der Waals surface area contributed by atoms with Crippen LogP contribution in [0.15, 0.2) is 47.3 Å². The molecular formula is C34H52O9. The molecule has 7 atom stereocenters. The highest BCUT2D eigenvalue weighted by Gasteiger charge is 2.46. The quantitative estimate of drug-likeness (QED) is 0.106. The SMILES string of the molecule is C=C1C(O)C/C=C(/C)CCC2C(C(OC(C)=O)C(C=C(C)C)OC(=O)CC(O)CCCCCCC)=COC(OC(C)=O)C12. The summed E-state index contributed by atoms with van der Waals surface area (Å²) in [5.74, 6) is -2.81. The van der Waals surface area contributed by atoms with E-state index in [2.05, 4.69) is 13.5 Å². The zero-order chi connectivity index (χ0) is 32.1. The number of fused-ring (bicyclic) bond motifs is 1. The molecule has 0 aromatic rings. The second-order valence-electron chi connectivity index (χ2n) is 12.1. The number of ether oxygens (including phenoxy) is 4. The molecule has 0 aromatic heterocycles. The Hall–Kier alpha value is -2.91. The molecule has 0 amide bonds. The van der Waals surface area contributed by atoms with Gasteiger partial charge in [0.2, 0.25) is 6.29 Å². The number of carbonyl (C=O) groups excluding carboxylic acids is 3. The van der Waals surface area contributed by atoms with Crippen LogP contribution in [0.1, 0.15) is 106 Å². The molecule has 0 radical (unpaired) electrons. The molecule has 0 fully saturated rings. The monoisotopic (exact) mass is 604 g/mol. The molecule has 1 heterocycles. The van der Waals surface area contributed by atoms with Gasteiger partial charge in [0.15, 0.2) is 12.2 Å². The number of aliphatic hydroxyl groups is 2. The minimum absolute atomic E-state index is 0.184. The first kappa shape index (κ1) is 36.3. The van der Waals surface area contributed by atoms with Gasteiger partial charge in [-0.2, -0.15) is 0 Å². The van der Waals surface area contributed by atoms with Crippen molar-refractivity contribution in [1.29, 1.82) is 0 Å². The zero-order valence-corrected chi connectivity index (χ0v) is 26.8. The van der Waals surface area contributed by atoms with Crippen LogP contribution in [0.4, 0.5) is 0 Å². The van der Waals surface area contributed by atoms with Crippen molar-refractivity contribution >= 4 is 17.9 Å². The number of hydrogen-bond acceptors (Lipinski definition) is 9. The summed E-state index contributed by atoms with van der Waals surface area (Å²) in [6.07, 6.45) is 7.28. The van der Waals surface area contributed by atoms with Gasteiger partial charge >= 0.3 is 17.9 Å². The number of rotatable bonds is 14. The summed E-state index contributed by atoms with van der Waals surface area (Å²) in [5, 5.41) is 21.5. The number of unbranched alkanes of at least 4 members (excludes halogenated alkanes) is 4. The predicted molar refractivity (Wildman–Crippen MR) is 163 cm³/mol. The van der Waals surface area contributed by atoms with Gasteiger partial charge in [-0.25, -0.2) is 0 Å². The molecule has 2 aliphatic rings. The molecule has 242 valence electrons. The average molecular weight is 605 g/mol. The van der Waals surface area contributed by atoms with Gasteiger partial charge in [0, 0.05) is 25.3 Å². The van der Waals surface area contributed by atoms with Crippen LogP contribution in [0, 0.1) is 11.8 Å². The molecule has 2 N–H and O–H groups in total. The first-order valence-corrected chi connectivity index (χ1v) is 15.6. The molecule has 2 rings (SSSR count).